The molecule has 1 aromatic heterocycles. The fourth-order valence-corrected chi connectivity index (χ4v) is 1.89. The molecule has 0 N–H and O–H groups in total. The van der Waals surface area contributed by atoms with Crippen molar-refractivity contribution in [3.8, 4) is 0 Å². The maximum atomic E-state index is 12.2. The van der Waals surface area contributed by atoms with E-state index in [1.807, 2.05) is 13.8 Å². The third-order valence-corrected chi connectivity index (χ3v) is 3.00. The molecule has 4 nitrogen and oxygen atoms in total. The fourth-order valence-electron chi connectivity index (χ4n) is 1.89. The SMILES string of the molecule is CC(C)n1cc(C(=O)C(=O)c2ccccc2)ccc1=O. The Morgan fingerprint density at radius 1 is 0.900 bits per heavy atom. The van der Waals surface area contributed by atoms with Crippen molar-refractivity contribution in [1.82, 2.24) is 4.57 Å². The monoisotopic (exact) mass is 269 g/mol. The van der Waals surface area contributed by atoms with Gasteiger partial charge in [-0.25, -0.2) is 0 Å². The molecule has 0 aliphatic carbocycles. The first-order valence-electron chi connectivity index (χ1n) is 6.37. The van der Waals surface area contributed by atoms with E-state index in [4.69, 9.17) is 0 Å². The Kier molecular flexibility index (Phi) is 3.94. The van der Waals surface area contributed by atoms with E-state index in [1.54, 1.807) is 30.3 Å². The Morgan fingerprint density at radius 2 is 1.50 bits per heavy atom. The number of pyridine rings is 1. The van der Waals surface area contributed by atoms with Gasteiger partial charge in [0.15, 0.2) is 0 Å². The van der Waals surface area contributed by atoms with Crippen LogP contribution in [0.1, 0.15) is 40.6 Å². The Labute approximate surface area is 116 Å². The van der Waals surface area contributed by atoms with E-state index in [0.717, 1.165) is 0 Å². The average Bonchev–Trinajstić information content (AvgIpc) is 2.47. The van der Waals surface area contributed by atoms with Crippen molar-refractivity contribution in [1.29, 1.82) is 0 Å². The van der Waals surface area contributed by atoms with Crippen LogP contribution in [0.3, 0.4) is 0 Å². The lowest BCUT2D eigenvalue weighted by molar-refractivity contribution is 0.0816. The summed E-state index contributed by atoms with van der Waals surface area (Å²) in [7, 11) is 0. The molecule has 20 heavy (non-hydrogen) atoms. The summed E-state index contributed by atoms with van der Waals surface area (Å²) in [5.74, 6) is -1.18. The second kappa shape index (κ2) is 5.65. The van der Waals surface area contributed by atoms with Gasteiger partial charge in [-0.3, -0.25) is 14.4 Å². The first-order valence-corrected chi connectivity index (χ1v) is 6.37. The van der Waals surface area contributed by atoms with Gasteiger partial charge in [-0.2, -0.15) is 0 Å². The second-order valence-corrected chi connectivity index (χ2v) is 4.78. The molecule has 0 atom stereocenters. The summed E-state index contributed by atoms with van der Waals surface area (Å²) in [6.07, 6.45) is 1.44. The topological polar surface area (TPSA) is 56.1 Å². The van der Waals surface area contributed by atoms with E-state index in [0.29, 0.717) is 5.56 Å². The zero-order valence-electron chi connectivity index (χ0n) is 11.4. The maximum absolute atomic E-state index is 12.2. The molecule has 0 saturated heterocycles. The lowest BCUT2D eigenvalue weighted by Crippen LogP contribution is -2.23. The highest BCUT2D eigenvalue weighted by Crippen LogP contribution is 2.08. The second-order valence-electron chi connectivity index (χ2n) is 4.78. The Morgan fingerprint density at radius 3 is 2.10 bits per heavy atom. The van der Waals surface area contributed by atoms with Gasteiger partial charge in [0.25, 0.3) is 5.56 Å². The lowest BCUT2D eigenvalue weighted by atomic mass is 10.0. The van der Waals surface area contributed by atoms with Crippen LogP contribution in [0.4, 0.5) is 0 Å². The van der Waals surface area contributed by atoms with Crippen molar-refractivity contribution in [3.63, 3.8) is 0 Å². The number of carbonyl (C=O) groups is 2. The smallest absolute Gasteiger partial charge is 0.250 e. The Balaban J connectivity index is 2.37. The van der Waals surface area contributed by atoms with Crippen LogP contribution < -0.4 is 5.56 Å². The van der Waals surface area contributed by atoms with Gasteiger partial charge in [-0.05, 0) is 19.9 Å². The van der Waals surface area contributed by atoms with E-state index in [1.165, 1.54) is 22.9 Å². The van der Waals surface area contributed by atoms with Crippen LogP contribution in [0.25, 0.3) is 0 Å². The van der Waals surface area contributed by atoms with Crippen molar-refractivity contribution in [2.75, 3.05) is 0 Å². The van der Waals surface area contributed by atoms with Crippen LogP contribution in [0.2, 0.25) is 0 Å². The van der Waals surface area contributed by atoms with E-state index in [2.05, 4.69) is 0 Å². The number of carbonyl (C=O) groups excluding carboxylic acids is 2. The van der Waals surface area contributed by atoms with E-state index in [-0.39, 0.29) is 17.2 Å². The third-order valence-electron chi connectivity index (χ3n) is 3.00. The van der Waals surface area contributed by atoms with Gasteiger partial charge in [-0.15, -0.1) is 0 Å². The van der Waals surface area contributed by atoms with Gasteiger partial charge in [0.05, 0.1) is 0 Å². The lowest BCUT2D eigenvalue weighted by Gasteiger charge is -2.10. The summed E-state index contributed by atoms with van der Waals surface area (Å²) >= 11 is 0. The number of aromatic nitrogens is 1. The molecule has 102 valence electrons. The first-order chi connectivity index (χ1) is 9.50. The number of ketones is 2. The van der Waals surface area contributed by atoms with Crippen LogP contribution in [-0.4, -0.2) is 16.1 Å². The summed E-state index contributed by atoms with van der Waals surface area (Å²) < 4.78 is 1.44. The molecule has 0 radical (unpaired) electrons. The molecular weight excluding hydrogens is 254 g/mol. The van der Waals surface area contributed by atoms with Crippen LogP contribution in [0.5, 0.6) is 0 Å². The molecule has 0 fully saturated rings. The van der Waals surface area contributed by atoms with Gasteiger partial charge in [0.1, 0.15) is 0 Å². The normalized spacial score (nSPS) is 10.6. The highest BCUT2D eigenvalue weighted by atomic mass is 16.2. The van der Waals surface area contributed by atoms with Crippen LogP contribution in [-0.2, 0) is 0 Å². The van der Waals surface area contributed by atoms with E-state index >= 15 is 0 Å². The standard InChI is InChI=1S/C16H15NO3/c1-11(2)17-10-13(8-9-14(17)18)16(20)15(19)12-6-4-3-5-7-12/h3-11H,1-2H3. The molecular formula is C16H15NO3. The van der Waals surface area contributed by atoms with Crippen molar-refractivity contribution < 1.29 is 9.59 Å². The van der Waals surface area contributed by atoms with Crippen molar-refractivity contribution in [2.24, 2.45) is 0 Å². The number of benzene rings is 1. The van der Waals surface area contributed by atoms with Gasteiger partial charge < -0.3 is 4.57 Å². The predicted octanol–water partition coefficient (Wildman–Crippen LogP) is 2.49. The molecule has 1 aromatic carbocycles. The third kappa shape index (κ3) is 2.74. The largest absolute Gasteiger partial charge is 0.312 e. The van der Waals surface area contributed by atoms with Gasteiger partial charge in [-0.1, -0.05) is 30.3 Å². The highest BCUT2D eigenvalue weighted by Gasteiger charge is 2.19. The molecule has 0 amide bonds. The molecule has 0 saturated carbocycles. The zero-order chi connectivity index (χ0) is 14.7. The summed E-state index contributed by atoms with van der Waals surface area (Å²) in [5.41, 5.74) is 0.385. The Hall–Kier alpha value is -2.49. The van der Waals surface area contributed by atoms with Crippen LogP contribution in [0, 0.1) is 0 Å². The van der Waals surface area contributed by atoms with Gasteiger partial charge >= 0.3 is 0 Å². The molecule has 0 unspecified atom stereocenters. The molecule has 0 aliphatic heterocycles. The van der Waals surface area contributed by atoms with Crippen LogP contribution >= 0.6 is 0 Å². The van der Waals surface area contributed by atoms with Crippen molar-refractivity contribution in [2.45, 2.75) is 19.9 Å². The number of rotatable bonds is 4. The van der Waals surface area contributed by atoms with Gasteiger partial charge in [0.2, 0.25) is 11.6 Å². The maximum Gasteiger partial charge on any atom is 0.250 e. The minimum absolute atomic E-state index is 0.0675. The Bertz CT molecular complexity index is 699. The molecule has 0 bridgehead atoms. The molecule has 0 spiro atoms. The number of hydrogen-bond acceptors (Lipinski definition) is 3. The van der Waals surface area contributed by atoms with Crippen LogP contribution in [0.15, 0.2) is 53.5 Å². The molecule has 0 aliphatic rings. The van der Waals surface area contributed by atoms with Crippen molar-refractivity contribution in [3.05, 3.63) is 70.1 Å². The zero-order valence-corrected chi connectivity index (χ0v) is 11.4. The summed E-state index contributed by atoms with van der Waals surface area (Å²) in [6, 6.07) is 11.0. The quantitative estimate of drug-likeness (QED) is 0.633. The van der Waals surface area contributed by atoms with E-state index < -0.39 is 11.6 Å². The number of hydrogen-bond donors (Lipinski definition) is 0. The summed E-state index contributed by atoms with van der Waals surface area (Å²) in [4.78, 5) is 35.9. The molecule has 2 rings (SSSR count). The minimum atomic E-state index is -0.606. The number of nitrogens with zero attached hydrogens (tertiary/aromatic N) is 1. The fraction of sp³-hybridized carbons (Fsp3) is 0.188. The molecule has 1 heterocycles. The minimum Gasteiger partial charge on any atom is -0.312 e. The summed E-state index contributed by atoms with van der Waals surface area (Å²) in [6.45, 7) is 3.68. The molecule has 2 aromatic rings. The molecule has 4 heteroatoms. The average molecular weight is 269 g/mol. The highest BCUT2D eigenvalue weighted by molar-refractivity contribution is 6.49. The number of Topliss-reactive ketones (excluding diaryl/α,β-unsaturated/α-hetero) is 2. The summed E-state index contributed by atoms with van der Waals surface area (Å²) in [5, 5.41) is 0. The predicted molar refractivity (Wildman–Crippen MR) is 76.2 cm³/mol. The van der Waals surface area contributed by atoms with Gasteiger partial charge in [0, 0.05) is 29.4 Å². The van der Waals surface area contributed by atoms with E-state index in [9.17, 15) is 14.4 Å². The first kappa shape index (κ1) is 13.9. The van der Waals surface area contributed by atoms with Crippen molar-refractivity contribution >= 4 is 11.6 Å².